The number of carbonyl (C=O) groups excluding carboxylic acids is 6. The molecule has 6 amide bonds. The minimum absolute atomic E-state index is 0.00983. The fraction of sp³-hybridized carbons (Fsp3) is 0.400. The summed E-state index contributed by atoms with van der Waals surface area (Å²) in [4.78, 5) is 123. The predicted molar refractivity (Wildman–Crippen MR) is 362 cm³/mol. The fourth-order valence-corrected chi connectivity index (χ4v) is 13.1. The van der Waals surface area contributed by atoms with Crippen molar-refractivity contribution in [2.75, 3.05) is 97.8 Å². The number of alkyl halides is 6. The molecule has 0 aliphatic carbocycles. The van der Waals surface area contributed by atoms with Crippen LogP contribution in [-0.2, 0) is 6.42 Å². The van der Waals surface area contributed by atoms with Crippen LogP contribution in [0.1, 0.15) is 94.2 Å². The molecule has 3 saturated heterocycles. The highest BCUT2D eigenvalue weighted by Gasteiger charge is 2.45. The summed E-state index contributed by atoms with van der Waals surface area (Å²) in [6.07, 6.45) is -4.53. The number of aliphatic hydroxyl groups excluding tert-OH is 2. The monoisotopic (exact) mass is 1430 g/mol. The van der Waals surface area contributed by atoms with Gasteiger partial charge in [-0.1, -0.05) is 0 Å². The van der Waals surface area contributed by atoms with Crippen LogP contribution >= 0.6 is 11.3 Å². The molecule has 102 heavy (non-hydrogen) atoms. The number of halogens is 6. The number of carbonyl (C=O) groups is 6. The Morgan fingerprint density at radius 1 is 0.637 bits per heavy atom. The van der Waals surface area contributed by atoms with Crippen molar-refractivity contribution < 1.29 is 70.1 Å². The molecular weight excluding hydrogens is 1360 g/mol. The Kier molecular flexibility index (Phi) is 21.1. The maximum absolute atomic E-state index is 13.4. The fourth-order valence-electron chi connectivity index (χ4n) is 12.5. The molecule has 0 radical (unpaired) electrons. The molecule has 0 spiro atoms. The summed E-state index contributed by atoms with van der Waals surface area (Å²) in [5, 5.41) is 36.2. The molecule has 14 rings (SSSR count). The van der Waals surface area contributed by atoms with Gasteiger partial charge < -0.3 is 41.1 Å². The number of thiazole rings is 1. The molecule has 8 aromatic heterocycles. The number of Topliss-reactive ketones (excluding diaryl/α,β-unsaturated/α-hetero) is 3. The third-order valence-corrected chi connectivity index (χ3v) is 18.5. The first-order chi connectivity index (χ1) is 48.9. The van der Waals surface area contributed by atoms with Crippen LogP contribution in [0.4, 0.5) is 92.8 Å². The van der Waals surface area contributed by atoms with Crippen molar-refractivity contribution in [3.05, 3.63) is 125 Å². The van der Waals surface area contributed by atoms with E-state index in [1.54, 1.807) is 52.9 Å². The van der Waals surface area contributed by atoms with Crippen LogP contribution in [0.25, 0.3) is 11.0 Å². The van der Waals surface area contributed by atoms with E-state index in [2.05, 4.69) is 80.7 Å². The molecule has 30 nitrogen and oxygen atoms in total. The number of nitrogens with zero attached hydrogens (tertiary/aromatic N) is 15. The van der Waals surface area contributed by atoms with E-state index in [9.17, 15) is 60.2 Å². The van der Waals surface area contributed by atoms with Gasteiger partial charge in [-0.05, 0) is 106 Å². The molecule has 6 bridgehead atoms. The van der Waals surface area contributed by atoms with Gasteiger partial charge in [-0.3, -0.25) is 50.1 Å². The largest absolute Gasteiger partial charge is 0.491 e. The first-order valence-corrected chi connectivity index (χ1v) is 33.5. The molecule has 0 unspecified atom stereocenters. The van der Waals surface area contributed by atoms with Crippen LogP contribution in [0.5, 0.6) is 5.75 Å². The minimum atomic E-state index is -4.57. The zero-order valence-electron chi connectivity index (χ0n) is 54.5. The van der Waals surface area contributed by atoms with Crippen LogP contribution in [-0.4, -0.2) is 197 Å². The number of pyridine rings is 5. The number of hydrogen-bond donors (Lipinski definition) is 8. The van der Waals surface area contributed by atoms with Gasteiger partial charge in [0, 0.05) is 94.3 Å². The number of nitrogens with one attached hydrogen (secondary N) is 4. The topological polar surface area (TPSA) is 391 Å². The lowest BCUT2D eigenvalue weighted by Gasteiger charge is -2.35. The van der Waals surface area contributed by atoms with Gasteiger partial charge >= 0.3 is 30.4 Å². The van der Waals surface area contributed by atoms with Gasteiger partial charge in [0.2, 0.25) is 5.95 Å². The van der Waals surface area contributed by atoms with Gasteiger partial charge in [-0.15, -0.1) is 11.3 Å². The van der Waals surface area contributed by atoms with E-state index in [0.29, 0.717) is 90.9 Å². The second-order valence-corrected chi connectivity index (χ2v) is 25.5. The van der Waals surface area contributed by atoms with Crippen molar-refractivity contribution in [3.63, 3.8) is 0 Å². The maximum atomic E-state index is 13.4. The van der Waals surface area contributed by atoms with Gasteiger partial charge in [-0.2, -0.15) is 31.4 Å². The predicted octanol–water partition coefficient (Wildman–Crippen LogP) is 7.61. The average molecular weight is 1430 g/mol. The summed E-state index contributed by atoms with van der Waals surface area (Å²) >= 11 is 1.49. The minimum Gasteiger partial charge on any atom is -0.491 e. The lowest BCUT2D eigenvalue weighted by atomic mass is 10.1. The quantitative estimate of drug-likeness (QED) is 0.0285. The molecule has 0 saturated carbocycles. The van der Waals surface area contributed by atoms with E-state index >= 15 is 0 Å². The van der Waals surface area contributed by atoms with Crippen molar-refractivity contribution in [1.82, 2.24) is 50.1 Å². The number of aryl methyl sites for hydroxylation is 2. The summed E-state index contributed by atoms with van der Waals surface area (Å²) < 4.78 is 81.4. The number of rotatable bonds is 19. The first kappa shape index (κ1) is 71.2. The highest BCUT2D eigenvalue weighted by molar-refractivity contribution is 7.07. The Morgan fingerprint density at radius 2 is 1.14 bits per heavy atom. The summed E-state index contributed by atoms with van der Waals surface area (Å²) in [6.45, 7) is 5.49. The van der Waals surface area contributed by atoms with E-state index in [0.717, 1.165) is 36.6 Å². The molecule has 3 fully saturated rings. The van der Waals surface area contributed by atoms with Crippen molar-refractivity contribution in [1.29, 1.82) is 0 Å². The van der Waals surface area contributed by atoms with Crippen LogP contribution < -0.4 is 61.6 Å². The second-order valence-electron chi connectivity index (χ2n) is 24.8. The number of amides is 6. The van der Waals surface area contributed by atoms with E-state index in [4.69, 9.17) is 21.3 Å². The SMILES string of the molecule is Cc1ccc2c(NC(=O)N3c4nc(C(=O)CC[C@@H](N)C(F)(F)F)ccc4N4CC[C@H]3C4)n[nH]c2n1.N[C@H](CCC(=O)c1ccc2c(n1)N(C(=O)Nc1ncccn1)[C@H]1CCN2C1)C(F)(F)F.O=C(CCc1cscn1)c1ccc2c(n1)N(C(=O)Nc1cc(OC[C@H](O)CO)ccn1)[C@H]1CCN2C1. The molecule has 37 heteroatoms. The maximum Gasteiger partial charge on any atom is 0.403 e. The second kappa shape index (κ2) is 30.3. The van der Waals surface area contributed by atoms with Crippen molar-refractivity contribution in [2.24, 2.45) is 11.5 Å². The highest BCUT2D eigenvalue weighted by Crippen LogP contribution is 2.43. The molecule has 8 aromatic rings. The normalized spacial score (nSPS) is 17.8. The first-order valence-electron chi connectivity index (χ1n) is 32.5. The number of aromatic nitrogens is 10. The van der Waals surface area contributed by atoms with E-state index < -0.39 is 92.5 Å². The number of anilines is 9. The lowest BCUT2D eigenvalue weighted by Crippen LogP contribution is -2.48. The smallest absolute Gasteiger partial charge is 0.403 e. The highest BCUT2D eigenvalue weighted by atomic mass is 32.1. The van der Waals surface area contributed by atoms with Crippen molar-refractivity contribution in [2.45, 2.75) is 113 Å². The third-order valence-electron chi connectivity index (χ3n) is 17.9. The van der Waals surface area contributed by atoms with Gasteiger partial charge in [0.25, 0.3) is 0 Å². The zero-order valence-corrected chi connectivity index (χ0v) is 55.3. The molecule has 6 aliphatic rings. The van der Waals surface area contributed by atoms with Gasteiger partial charge in [0.1, 0.15) is 53.4 Å². The summed E-state index contributed by atoms with van der Waals surface area (Å²) in [6, 6.07) is 12.3. The molecular formula is C65H69F6N21O9S. The Labute approximate surface area is 580 Å². The Hall–Kier alpha value is -10.6. The zero-order chi connectivity index (χ0) is 72.1. The van der Waals surface area contributed by atoms with E-state index in [1.165, 1.54) is 51.9 Å². The van der Waals surface area contributed by atoms with Crippen molar-refractivity contribution >= 4 is 110 Å². The van der Waals surface area contributed by atoms with Crippen LogP contribution in [0.2, 0.25) is 0 Å². The third kappa shape index (κ3) is 16.1. The molecule has 6 atom stereocenters. The Morgan fingerprint density at radius 3 is 1.63 bits per heavy atom. The lowest BCUT2D eigenvalue weighted by molar-refractivity contribution is -0.149. The standard InChI is InChI=1S/C24H26N6O5S.C22H23F3N8O2.C19H20F3N7O2/c31-11-17(32)12-35-18-5-7-25-22(9-18)28-24(34)30-16-6-8-29(10-16)20-3-2-19(27-23(20)30)21(33)4-1-15-13-36-14-26-15;1-11-2-3-13-18(27-11)30-31-19(13)29-21(35)33-12-8-9-32(10-12)15-5-4-14(28-20(15)33)16(34)6-7-17(26)22(23,24)25;20-19(21,22)15(23)5-4-14(30)12-2-3-13-16(26-12)29(11-6-9-28(13)10-11)18(31)27-17-24-7-1-8-25-17/h2-3,5,7,9,13-14,16-17,31-32H,1,4,6,8,10-12H2,(H,25,28,34);2-5,12,17H,6-10,26H2,1H3,(H2,27,29,30,31,35);1-3,7-8,11,15H,4-6,9-10,23H2,(H,24,25,27,31)/t16-,17+;12-,17+;11-,15+/m000/s1. The van der Waals surface area contributed by atoms with E-state index in [1.807, 2.05) is 24.4 Å². The summed E-state index contributed by atoms with van der Waals surface area (Å²) in [5.41, 5.74) is 16.7. The number of aliphatic hydroxyl groups is 2. The molecule has 0 aromatic carbocycles. The number of aromatic amines is 1. The molecule has 14 heterocycles. The molecule has 536 valence electrons. The number of urea groups is 3. The Bertz CT molecular complexity index is 4410. The number of ketones is 3. The Balaban J connectivity index is 0.000000145. The van der Waals surface area contributed by atoms with Crippen molar-refractivity contribution in [3.8, 4) is 5.75 Å². The van der Waals surface area contributed by atoms with Crippen LogP contribution in [0, 0.1) is 6.92 Å². The summed E-state index contributed by atoms with van der Waals surface area (Å²) in [7, 11) is 0. The number of fused-ring (bicyclic) bond motifs is 13. The number of hydrogen-bond acceptors (Lipinski definition) is 24. The van der Waals surface area contributed by atoms with E-state index in [-0.39, 0.29) is 71.7 Å². The van der Waals surface area contributed by atoms with Crippen LogP contribution in [0.3, 0.4) is 0 Å². The average Bonchev–Trinajstić information content (AvgIpc) is 1.59. The summed E-state index contributed by atoms with van der Waals surface area (Å²) in [5.74, 6) is 0.899. The number of ether oxygens (including phenoxy) is 1. The number of H-pyrrole nitrogens is 1. The number of nitrogens with two attached hydrogens (primary N) is 2. The van der Waals surface area contributed by atoms with Crippen LogP contribution in [0.15, 0.2) is 96.2 Å². The van der Waals surface area contributed by atoms with Gasteiger partial charge in [0.05, 0.1) is 58.4 Å². The molecule has 6 aliphatic heterocycles. The van der Waals surface area contributed by atoms with Gasteiger partial charge in [0.15, 0.2) is 46.3 Å². The molecule has 10 N–H and O–H groups in total. The van der Waals surface area contributed by atoms with Gasteiger partial charge in [-0.25, -0.2) is 54.3 Å².